The maximum Gasteiger partial charge on any atom is 0.333 e. The summed E-state index contributed by atoms with van der Waals surface area (Å²) in [5.41, 5.74) is -1.33. The zero-order valence-electron chi connectivity index (χ0n) is 23.8. The summed E-state index contributed by atoms with van der Waals surface area (Å²) in [4.78, 5) is 40.4. The molecule has 0 aliphatic carbocycles. The molecule has 0 bridgehead atoms. The molecule has 2 N–H and O–H groups in total. The van der Waals surface area contributed by atoms with Crippen molar-refractivity contribution in [1.82, 2.24) is 18.9 Å². The van der Waals surface area contributed by atoms with E-state index in [1.807, 2.05) is 19.9 Å². The molecule has 0 aliphatic rings. The molecule has 216 valence electrons. The number of fused-ring (bicyclic) bond motifs is 1. The summed E-state index contributed by atoms with van der Waals surface area (Å²) in [6, 6.07) is 1.74. The number of carboxylic acid groups (broad SMARTS) is 1. The van der Waals surface area contributed by atoms with Crippen LogP contribution in [-0.2, 0) is 26.4 Å². The smallest absolute Gasteiger partial charge is 0.333 e. The lowest BCUT2D eigenvalue weighted by molar-refractivity contribution is -0.146. The second-order valence-corrected chi connectivity index (χ2v) is 11.2. The van der Waals surface area contributed by atoms with E-state index in [1.54, 1.807) is 37.0 Å². The minimum absolute atomic E-state index is 0.0565. The van der Waals surface area contributed by atoms with E-state index in [1.165, 1.54) is 42.9 Å². The van der Waals surface area contributed by atoms with Crippen molar-refractivity contribution in [1.29, 1.82) is 0 Å². The molecule has 0 saturated heterocycles. The number of hydrogen-bond acceptors (Lipinski definition) is 8. The van der Waals surface area contributed by atoms with Gasteiger partial charge in [-0.15, -0.1) is 0 Å². The fraction of sp³-hybridized carbons (Fsp3) is 0.429. The molecule has 11 nitrogen and oxygen atoms in total. The van der Waals surface area contributed by atoms with Crippen molar-refractivity contribution >= 4 is 27.5 Å². The van der Waals surface area contributed by atoms with E-state index >= 15 is 0 Å². The fourth-order valence-corrected chi connectivity index (χ4v) is 5.55. The van der Waals surface area contributed by atoms with Gasteiger partial charge in [0.25, 0.3) is 5.56 Å². The van der Waals surface area contributed by atoms with Gasteiger partial charge in [0.05, 0.1) is 31.8 Å². The molecule has 12 heteroatoms. The van der Waals surface area contributed by atoms with E-state index in [4.69, 9.17) is 9.47 Å². The van der Waals surface area contributed by atoms with E-state index in [-0.39, 0.29) is 18.5 Å². The number of aliphatic hydroxyl groups is 1. The van der Waals surface area contributed by atoms with Crippen LogP contribution in [0.1, 0.15) is 40.2 Å². The molecule has 0 spiro atoms. The van der Waals surface area contributed by atoms with Crippen LogP contribution in [0.3, 0.4) is 0 Å². The number of thiophene rings is 1. The van der Waals surface area contributed by atoms with Gasteiger partial charge in [-0.05, 0) is 53.7 Å². The second kappa shape index (κ2) is 12.2. The van der Waals surface area contributed by atoms with E-state index in [9.17, 15) is 24.6 Å². The number of nitrogens with zero attached hydrogens (tertiary/aromatic N) is 4. The molecule has 2 atom stereocenters. The number of carboxylic acids is 1. The Kier molecular flexibility index (Phi) is 9.39. The van der Waals surface area contributed by atoms with Gasteiger partial charge in [-0.2, -0.15) is 5.10 Å². The normalized spacial score (nSPS) is 14.0. The number of aromatic nitrogens is 4. The standard InChI is InChI=1S/C28H36N4O7S/c1-9-20(38-8)19(13-16(2)3)21(39-15-17(4)33)14-30-25-22(18(5)24(40-25)31-12-10-11-29-31)23(34)32(27(30)37)28(6,7)26(35)36/h9-13,17,21,33H,1,14-15H2,2-8H3,(H,35,36)/b20-19-/t17-,21-/m0/s1. The Morgan fingerprint density at radius 1 is 1.30 bits per heavy atom. The highest BCUT2D eigenvalue weighted by molar-refractivity contribution is 7.21. The first kappa shape index (κ1) is 30.8. The summed E-state index contributed by atoms with van der Waals surface area (Å²) in [6.07, 6.45) is 5.03. The van der Waals surface area contributed by atoms with Gasteiger partial charge in [-0.1, -0.05) is 29.6 Å². The maximum absolute atomic E-state index is 14.0. The summed E-state index contributed by atoms with van der Waals surface area (Å²) in [5.74, 6) is -0.932. The molecule has 0 unspecified atom stereocenters. The predicted molar refractivity (Wildman–Crippen MR) is 154 cm³/mol. The van der Waals surface area contributed by atoms with Gasteiger partial charge in [-0.3, -0.25) is 9.36 Å². The lowest BCUT2D eigenvalue weighted by atomic mass is 10.0. The van der Waals surface area contributed by atoms with Crippen molar-refractivity contribution in [2.45, 2.75) is 65.8 Å². The Bertz CT molecular complexity index is 1580. The molecule has 0 aliphatic heterocycles. The van der Waals surface area contributed by atoms with Crippen LogP contribution in [-0.4, -0.2) is 61.0 Å². The van der Waals surface area contributed by atoms with Crippen LogP contribution in [0.5, 0.6) is 0 Å². The highest BCUT2D eigenvalue weighted by Crippen LogP contribution is 2.32. The minimum atomic E-state index is -1.85. The van der Waals surface area contributed by atoms with Crippen molar-refractivity contribution < 1.29 is 24.5 Å². The topological polar surface area (TPSA) is 138 Å². The van der Waals surface area contributed by atoms with Gasteiger partial charge in [0.1, 0.15) is 27.2 Å². The van der Waals surface area contributed by atoms with Crippen molar-refractivity contribution in [3.63, 3.8) is 0 Å². The van der Waals surface area contributed by atoms with Gasteiger partial charge >= 0.3 is 11.7 Å². The Labute approximate surface area is 235 Å². The first-order valence-electron chi connectivity index (χ1n) is 12.6. The van der Waals surface area contributed by atoms with Crippen LogP contribution >= 0.6 is 11.3 Å². The zero-order chi connectivity index (χ0) is 29.9. The molecule has 0 fully saturated rings. The predicted octanol–water partition coefficient (Wildman–Crippen LogP) is 3.36. The van der Waals surface area contributed by atoms with Gasteiger partial charge in [0.2, 0.25) is 0 Å². The lowest BCUT2D eigenvalue weighted by Crippen LogP contribution is -2.53. The number of aliphatic hydroxyl groups excluding tert-OH is 1. The summed E-state index contributed by atoms with van der Waals surface area (Å²) in [5, 5.41) is 25.1. The number of carbonyl (C=O) groups is 1. The number of ether oxygens (including phenoxy) is 2. The number of rotatable bonds is 12. The third-order valence-electron chi connectivity index (χ3n) is 6.35. The van der Waals surface area contributed by atoms with Gasteiger partial charge in [-0.25, -0.2) is 18.8 Å². The van der Waals surface area contributed by atoms with Crippen molar-refractivity contribution in [2.75, 3.05) is 13.7 Å². The first-order chi connectivity index (χ1) is 18.8. The van der Waals surface area contributed by atoms with Gasteiger partial charge < -0.3 is 19.7 Å². The molecule has 3 aromatic heterocycles. The van der Waals surface area contributed by atoms with Crippen LogP contribution in [0.15, 0.2) is 63.7 Å². The average Bonchev–Trinajstić information content (AvgIpc) is 3.51. The number of hydrogen-bond donors (Lipinski definition) is 2. The average molecular weight is 573 g/mol. The highest BCUT2D eigenvalue weighted by atomic mass is 32.1. The molecule has 40 heavy (non-hydrogen) atoms. The largest absolute Gasteiger partial charge is 0.496 e. The first-order valence-corrected chi connectivity index (χ1v) is 13.5. The number of aryl methyl sites for hydroxylation is 1. The van der Waals surface area contributed by atoms with Crippen LogP contribution in [0, 0.1) is 6.92 Å². The third kappa shape index (κ3) is 5.88. The summed E-state index contributed by atoms with van der Waals surface area (Å²) in [6.45, 7) is 13.4. The zero-order valence-corrected chi connectivity index (χ0v) is 24.6. The second-order valence-electron chi connectivity index (χ2n) is 10.2. The van der Waals surface area contributed by atoms with Crippen LogP contribution in [0.25, 0.3) is 15.2 Å². The molecular weight excluding hydrogens is 536 g/mol. The molecule has 0 saturated carbocycles. The molecule has 0 aromatic carbocycles. The van der Waals surface area contributed by atoms with Crippen LogP contribution in [0.4, 0.5) is 0 Å². The SMILES string of the molecule is C=C/C(OC)=C(\C=C(C)C)[C@H](Cn1c(=O)n(C(C)(C)C(=O)O)c(=O)c2c(C)c(-n3cccn3)sc21)OC[C@H](C)O. The van der Waals surface area contributed by atoms with Crippen LogP contribution in [0.2, 0.25) is 0 Å². The molecule has 3 aromatic rings. The Morgan fingerprint density at radius 3 is 2.48 bits per heavy atom. The summed E-state index contributed by atoms with van der Waals surface area (Å²) in [7, 11) is 1.49. The number of allylic oxidation sites excluding steroid dienone is 2. The Morgan fingerprint density at radius 2 is 1.98 bits per heavy atom. The highest BCUT2D eigenvalue weighted by Gasteiger charge is 2.36. The monoisotopic (exact) mass is 572 g/mol. The van der Waals surface area contributed by atoms with E-state index in [0.717, 1.165) is 10.1 Å². The van der Waals surface area contributed by atoms with E-state index in [2.05, 4.69) is 11.7 Å². The van der Waals surface area contributed by atoms with E-state index < -0.39 is 35.0 Å². The molecular formula is C28H36N4O7S. The van der Waals surface area contributed by atoms with E-state index in [0.29, 0.717) is 26.7 Å². The number of aliphatic carboxylic acids is 1. The molecule has 3 heterocycles. The Hall–Kier alpha value is -3.74. The minimum Gasteiger partial charge on any atom is -0.496 e. The summed E-state index contributed by atoms with van der Waals surface area (Å²) >= 11 is 1.19. The quantitative estimate of drug-likeness (QED) is 0.249. The fourth-order valence-electron chi connectivity index (χ4n) is 4.31. The van der Waals surface area contributed by atoms with Gasteiger partial charge in [0.15, 0.2) is 0 Å². The van der Waals surface area contributed by atoms with Crippen molar-refractivity contribution in [3.8, 4) is 5.00 Å². The third-order valence-corrected chi connectivity index (χ3v) is 7.65. The molecule has 0 amide bonds. The van der Waals surface area contributed by atoms with Crippen molar-refractivity contribution in [3.05, 3.63) is 80.5 Å². The van der Waals surface area contributed by atoms with Crippen molar-refractivity contribution in [2.24, 2.45) is 0 Å². The Balaban J connectivity index is 2.45. The van der Waals surface area contributed by atoms with Crippen LogP contribution < -0.4 is 11.2 Å². The van der Waals surface area contributed by atoms with Gasteiger partial charge in [0, 0.05) is 23.5 Å². The summed E-state index contributed by atoms with van der Waals surface area (Å²) < 4.78 is 15.4. The maximum atomic E-state index is 14.0. The molecule has 3 rings (SSSR count). The number of methoxy groups -OCH3 is 1. The lowest BCUT2D eigenvalue weighted by Gasteiger charge is -2.26. The molecule has 0 radical (unpaired) electrons.